The first-order valence-electron chi connectivity index (χ1n) is 7.07. The van der Waals surface area contributed by atoms with Crippen molar-refractivity contribution in [3.8, 4) is 0 Å². The number of aromatic nitrogens is 4. The first-order chi connectivity index (χ1) is 9.81. The Labute approximate surface area is 144 Å². The van der Waals surface area contributed by atoms with Gasteiger partial charge < -0.3 is 34.3 Å². The van der Waals surface area contributed by atoms with Gasteiger partial charge in [0.15, 0.2) is 13.5 Å². The van der Waals surface area contributed by atoms with Gasteiger partial charge in [0, 0.05) is 0 Å². The molecule has 2 heterocycles. The summed E-state index contributed by atoms with van der Waals surface area (Å²) in [5.41, 5.74) is 0. The number of ether oxygens (including phenoxy) is 2. The van der Waals surface area contributed by atoms with Crippen molar-refractivity contribution in [2.24, 2.45) is 0 Å². The molecule has 0 spiro atoms. The monoisotopic (exact) mass is 350 g/mol. The molecule has 0 aromatic carbocycles. The lowest BCUT2D eigenvalue weighted by atomic mass is 10.7. The predicted molar refractivity (Wildman–Crippen MR) is 72.5 cm³/mol. The maximum atomic E-state index is 5.55. The first kappa shape index (κ1) is 20.9. The first-order valence-corrected chi connectivity index (χ1v) is 7.07. The molecule has 6 nitrogen and oxygen atoms in total. The predicted octanol–water partition coefficient (Wildman–Crippen LogP) is -5.44. The van der Waals surface area contributed by atoms with E-state index in [1.165, 1.54) is 0 Å². The highest BCUT2D eigenvalue weighted by Crippen LogP contribution is 1.86. The quantitative estimate of drug-likeness (QED) is 0.334. The maximum Gasteiger partial charge on any atom is 0.245 e. The van der Waals surface area contributed by atoms with Crippen LogP contribution in [0.1, 0.15) is 13.8 Å². The molecule has 0 bridgehead atoms. The van der Waals surface area contributed by atoms with E-state index in [0.717, 1.165) is 13.1 Å². The Kier molecular flexibility index (Phi) is 10.9. The Morgan fingerprint density at radius 3 is 1.50 bits per heavy atom. The van der Waals surface area contributed by atoms with Gasteiger partial charge in [-0.15, -0.1) is 0 Å². The van der Waals surface area contributed by atoms with Crippen molar-refractivity contribution in [2.75, 3.05) is 13.2 Å². The number of imidazole rings is 2. The number of aryl methyl sites for hydroxylation is 2. The van der Waals surface area contributed by atoms with Crippen molar-refractivity contribution in [3.63, 3.8) is 0 Å². The highest BCUT2D eigenvalue weighted by Gasteiger charge is 2.02. The highest BCUT2D eigenvalue weighted by molar-refractivity contribution is 4.64. The van der Waals surface area contributed by atoms with Crippen LogP contribution in [0.2, 0.25) is 0 Å². The van der Waals surface area contributed by atoms with Gasteiger partial charge >= 0.3 is 0 Å². The molecule has 0 amide bonds. The molecule has 0 saturated heterocycles. The van der Waals surface area contributed by atoms with E-state index in [-0.39, 0.29) is 24.8 Å². The fourth-order valence-electron chi connectivity index (χ4n) is 1.86. The molecule has 0 unspecified atom stereocenters. The van der Waals surface area contributed by atoms with Crippen molar-refractivity contribution in [1.29, 1.82) is 0 Å². The van der Waals surface area contributed by atoms with Gasteiger partial charge in [-0.2, -0.15) is 0 Å². The van der Waals surface area contributed by atoms with Crippen LogP contribution in [-0.4, -0.2) is 22.3 Å². The summed E-state index contributed by atoms with van der Waals surface area (Å²) in [6, 6.07) is 0. The minimum absolute atomic E-state index is 0. The lowest BCUT2D eigenvalue weighted by molar-refractivity contribution is -0.737. The Balaban J connectivity index is 0.00000220. The molecule has 0 atom stereocenters. The van der Waals surface area contributed by atoms with Crippen LogP contribution in [0, 0.1) is 0 Å². The van der Waals surface area contributed by atoms with Gasteiger partial charge in [-0.3, -0.25) is 0 Å². The molecular formula is C14H24Cl2N4O2. The van der Waals surface area contributed by atoms with Crippen molar-refractivity contribution in [2.45, 2.75) is 40.4 Å². The average Bonchev–Trinajstić information content (AvgIpc) is 3.11. The molecule has 0 radical (unpaired) electrons. The Morgan fingerprint density at radius 2 is 1.18 bits per heavy atom. The minimum atomic E-state index is 0. The van der Waals surface area contributed by atoms with Crippen LogP contribution in [-0.2, 0) is 36.0 Å². The van der Waals surface area contributed by atoms with E-state index < -0.39 is 0 Å². The topological polar surface area (TPSA) is 36.1 Å². The van der Waals surface area contributed by atoms with Gasteiger partial charge in [0.25, 0.3) is 0 Å². The average molecular weight is 351 g/mol. The third kappa shape index (κ3) is 6.79. The summed E-state index contributed by atoms with van der Waals surface area (Å²) in [4.78, 5) is 0. The third-order valence-corrected chi connectivity index (χ3v) is 3.08. The summed E-state index contributed by atoms with van der Waals surface area (Å²) in [5, 5.41) is 0. The summed E-state index contributed by atoms with van der Waals surface area (Å²) in [6.07, 6.45) is 12.2. The highest BCUT2D eigenvalue weighted by atomic mass is 35.5. The molecule has 0 N–H and O–H groups in total. The summed E-state index contributed by atoms with van der Waals surface area (Å²) < 4.78 is 19.3. The van der Waals surface area contributed by atoms with Gasteiger partial charge in [0.05, 0.1) is 26.3 Å². The Hall–Kier alpha value is -1.08. The van der Waals surface area contributed by atoms with Gasteiger partial charge in [-0.25, -0.2) is 18.3 Å². The van der Waals surface area contributed by atoms with Crippen LogP contribution in [0.4, 0.5) is 0 Å². The van der Waals surface area contributed by atoms with E-state index in [1.807, 2.05) is 46.6 Å². The van der Waals surface area contributed by atoms with E-state index in [0.29, 0.717) is 26.7 Å². The van der Waals surface area contributed by atoms with Crippen molar-refractivity contribution >= 4 is 0 Å². The number of halogens is 2. The van der Waals surface area contributed by atoms with Crippen molar-refractivity contribution in [3.05, 3.63) is 37.4 Å². The number of hydrogen-bond donors (Lipinski definition) is 0. The lowest BCUT2D eigenvalue weighted by Crippen LogP contribution is -3.00. The second-order valence-corrected chi connectivity index (χ2v) is 4.59. The van der Waals surface area contributed by atoms with Crippen LogP contribution in [0.25, 0.3) is 0 Å². The van der Waals surface area contributed by atoms with E-state index in [1.54, 1.807) is 0 Å². The molecule has 0 aliphatic heterocycles. The second-order valence-electron chi connectivity index (χ2n) is 4.59. The molecule has 22 heavy (non-hydrogen) atoms. The smallest absolute Gasteiger partial charge is 0.245 e. The molecule has 0 aliphatic rings. The van der Waals surface area contributed by atoms with Gasteiger partial charge in [0.2, 0.25) is 12.7 Å². The normalized spacial score (nSPS) is 10.1. The molecule has 0 aliphatic carbocycles. The van der Waals surface area contributed by atoms with E-state index in [9.17, 15) is 0 Å². The Morgan fingerprint density at radius 1 is 0.773 bits per heavy atom. The fraction of sp³-hybridized carbons (Fsp3) is 0.571. The Bertz CT molecular complexity index is 470. The zero-order valence-electron chi connectivity index (χ0n) is 13.1. The largest absolute Gasteiger partial charge is 1.00 e. The van der Waals surface area contributed by atoms with Crippen LogP contribution in [0.5, 0.6) is 0 Å². The summed E-state index contributed by atoms with van der Waals surface area (Å²) >= 11 is 0. The molecule has 2 rings (SSSR count). The van der Waals surface area contributed by atoms with Crippen molar-refractivity contribution < 1.29 is 43.4 Å². The summed E-state index contributed by atoms with van der Waals surface area (Å²) in [5.74, 6) is 0. The zero-order chi connectivity index (χ0) is 14.2. The summed E-state index contributed by atoms with van der Waals surface area (Å²) in [6.45, 7) is 8.50. The second kappa shape index (κ2) is 11.5. The molecule has 0 fully saturated rings. The van der Waals surface area contributed by atoms with E-state index >= 15 is 0 Å². The van der Waals surface area contributed by atoms with E-state index in [2.05, 4.69) is 23.0 Å². The molecule has 126 valence electrons. The van der Waals surface area contributed by atoms with E-state index in [4.69, 9.17) is 9.47 Å². The van der Waals surface area contributed by atoms with Gasteiger partial charge in [-0.1, -0.05) is 0 Å². The molecule has 2 aromatic rings. The van der Waals surface area contributed by atoms with Crippen LogP contribution >= 0.6 is 0 Å². The van der Waals surface area contributed by atoms with Crippen LogP contribution < -0.4 is 33.9 Å². The minimum Gasteiger partial charge on any atom is -1.00 e. The van der Waals surface area contributed by atoms with Crippen molar-refractivity contribution in [1.82, 2.24) is 9.13 Å². The third-order valence-electron chi connectivity index (χ3n) is 3.08. The molecule has 0 saturated carbocycles. The maximum absolute atomic E-state index is 5.55. The molecular weight excluding hydrogens is 327 g/mol. The zero-order valence-corrected chi connectivity index (χ0v) is 14.6. The molecule has 2 aromatic heterocycles. The van der Waals surface area contributed by atoms with Crippen LogP contribution in [0.15, 0.2) is 37.4 Å². The summed E-state index contributed by atoms with van der Waals surface area (Å²) in [7, 11) is 0. The number of hydrogen-bond acceptors (Lipinski definition) is 2. The van der Waals surface area contributed by atoms with Crippen LogP contribution in [0.3, 0.4) is 0 Å². The molecule has 8 heteroatoms. The SMILES string of the molecule is CCn1cc[n+](COCCOC[n+]2ccn(CC)c2)c1.[Cl-].[Cl-]. The number of nitrogens with zero attached hydrogens (tertiary/aromatic N) is 4. The van der Waals surface area contributed by atoms with Gasteiger partial charge in [0.1, 0.15) is 24.8 Å². The number of rotatable bonds is 9. The van der Waals surface area contributed by atoms with Gasteiger partial charge in [-0.05, 0) is 13.8 Å². The lowest BCUT2D eigenvalue weighted by Gasteiger charge is -2.02. The fourth-order valence-corrected chi connectivity index (χ4v) is 1.86. The standard InChI is InChI=1S/C14H24N4O2.2ClH/c1-3-15-5-7-17(11-15)13-19-9-10-20-14-18-8-6-16(4-2)12-18;;/h5-8,11-12H,3-4,9-10,13-14H2,1-2H3;2*1H/q+2;;/p-2.